The van der Waals surface area contributed by atoms with E-state index in [1.54, 1.807) is 6.20 Å². The van der Waals surface area contributed by atoms with Crippen LogP contribution in [0.25, 0.3) is 0 Å². The first-order valence-corrected chi connectivity index (χ1v) is 14.0. The first kappa shape index (κ1) is 27.2. The van der Waals surface area contributed by atoms with E-state index >= 15 is 0 Å². The first-order chi connectivity index (χ1) is 18.2. The van der Waals surface area contributed by atoms with Crippen LogP contribution in [0.3, 0.4) is 0 Å². The Balaban J connectivity index is 1.37. The van der Waals surface area contributed by atoms with Crippen molar-refractivity contribution in [2.45, 2.75) is 76.4 Å². The summed E-state index contributed by atoms with van der Waals surface area (Å²) in [6.07, 6.45) is 9.57. The van der Waals surface area contributed by atoms with E-state index in [9.17, 15) is 13.6 Å². The number of morpholine rings is 1. The van der Waals surface area contributed by atoms with Gasteiger partial charge in [0.1, 0.15) is 11.6 Å². The number of benzene rings is 1. The number of anilines is 1. The van der Waals surface area contributed by atoms with Crippen molar-refractivity contribution >= 4 is 11.9 Å². The molecule has 3 heterocycles. The van der Waals surface area contributed by atoms with E-state index in [1.165, 1.54) is 31.4 Å². The fourth-order valence-electron chi connectivity index (χ4n) is 6.64. The smallest absolute Gasteiger partial charge is 0.231 e. The number of likely N-dealkylation sites (tertiary alicyclic amines) is 1. The fraction of sp³-hybridized carbons (Fsp3) is 0.655. The van der Waals surface area contributed by atoms with Crippen LogP contribution in [0.4, 0.5) is 14.7 Å². The van der Waals surface area contributed by atoms with Crippen LogP contribution < -0.4 is 5.32 Å². The van der Waals surface area contributed by atoms with Gasteiger partial charge >= 0.3 is 0 Å². The molecule has 0 radical (unpaired) electrons. The Morgan fingerprint density at radius 1 is 1.13 bits per heavy atom. The number of hydrogen-bond donors (Lipinski definition) is 1. The summed E-state index contributed by atoms with van der Waals surface area (Å²) in [5.41, 5.74) is 0.224. The average Bonchev–Trinajstić information content (AvgIpc) is 3.52. The van der Waals surface area contributed by atoms with Gasteiger partial charge in [0, 0.05) is 68.2 Å². The minimum Gasteiger partial charge on any atom is -0.379 e. The third-order valence-electron chi connectivity index (χ3n) is 8.85. The molecule has 1 aromatic carbocycles. The molecular weight excluding hydrogens is 488 g/mol. The molecule has 1 aliphatic carbocycles. The fourth-order valence-corrected chi connectivity index (χ4v) is 6.64. The van der Waals surface area contributed by atoms with Gasteiger partial charge in [0.2, 0.25) is 11.9 Å². The Morgan fingerprint density at radius 3 is 2.55 bits per heavy atom. The molecule has 7 nitrogen and oxygen atoms in total. The van der Waals surface area contributed by atoms with E-state index in [2.05, 4.69) is 45.4 Å². The van der Waals surface area contributed by atoms with Crippen LogP contribution in [0.2, 0.25) is 0 Å². The van der Waals surface area contributed by atoms with Gasteiger partial charge in [-0.25, -0.2) is 13.8 Å². The number of aromatic nitrogens is 2. The molecule has 3 aliphatic rings. The molecule has 0 bridgehead atoms. The molecule has 1 N–H and O–H groups in total. The zero-order valence-electron chi connectivity index (χ0n) is 22.9. The highest BCUT2D eigenvalue weighted by molar-refractivity contribution is 5.92. The molecule has 208 valence electrons. The molecule has 1 amide bonds. The van der Waals surface area contributed by atoms with Gasteiger partial charge in [0.15, 0.2) is 0 Å². The topological polar surface area (TPSA) is 62.6 Å². The van der Waals surface area contributed by atoms with Crippen LogP contribution in [-0.4, -0.2) is 75.7 Å². The minimum atomic E-state index is -0.614. The van der Waals surface area contributed by atoms with Gasteiger partial charge in [0.25, 0.3) is 0 Å². The second-order valence-corrected chi connectivity index (χ2v) is 12.2. The van der Waals surface area contributed by atoms with Gasteiger partial charge in [-0.2, -0.15) is 0 Å². The lowest BCUT2D eigenvalue weighted by atomic mass is 9.79. The van der Waals surface area contributed by atoms with Gasteiger partial charge in [-0.15, -0.1) is 0 Å². The van der Waals surface area contributed by atoms with Crippen molar-refractivity contribution in [3.05, 3.63) is 47.8 Å². The summed E-state index contributed by atoms with van der Waals surface area (Å²) in [7, 11) is 0. The molecule has 3 fully saturated rings. The van der Waals surface area contributed by atoms with Crippen molar-refractivity contribution in [3.63, 3.8) is 0 Å². The van der Waals surface area contributed by atoms with Crippen molar-refractivity contribution in [1.29, 1.82) is 0 Å². The van der Waals surface area contributed by atoms with Gasteiger partial charge < -0.3 is 9.30 Å². The zero-order valence-corrected chi connectivity index (χ0v) is 22.9. The normalized spacial score (nSPS) is 25.0. The highest BCUT2D eigenvalue weighted by atomic mass is 19.1. The second kappa shape index (κ2) is 11.0. The molecule has 9 heteroatoms. The van der Waals surface area contributed by atoms with Gasteiger partial charge in [-0.3, -0.25) is 19.9 Å². The summed E-state index contributed by atoms with van der Waals surface area (Å²) in [5.74, 6) is -1.73. The maximum atomic E-state index is 14.9. The zero-order chi connectivity index (χ0) is 26.9. The number of halogens is 2. The maximum Gasteiger partial charge on any atom is 0.231 e. The third kappa shape index (κ3) is 5.65. The van der Waals surface area contributed by atoms with Crippen LogP contribution in [0.5, 0.6) is 0 Å². The van der Waals surface area contributed by atoms with Crippen molar-refractivity contribution in [1.82, 2.24) is 19.4 Å². The van der Waals surface area contributed by atoms with E-state index in [0.29, 0.717) is 24.6 Å². The number of nitrogens with one attached hydrogen (secondary N) is 1. The lowest BCUT2D eigenvalue weighted by Crippen LogP contribution is -2.56. The Kier molecular flexibility index (Phi) is 7.89. The van der Waals surface area contributed by atoms with Crippen LogP contribution in [-0.2, 0) is 16.1 Å². The summed E-state index contributed by atoms with van der Waals surface area (Å²) in [6, 6.07) is 3.67. The highest BCUT2D eigenvalue weighted by Crippen LogP contribution is 2.39. The average molecular weight is 530 g/mol. The van der Waals surface area contributed by atoms with Crippen molar-refractivity contribution in [2.24, 2.45) is 5.92 Å². The molecule has 2 aromatic rings. The largest absolute Gasteiger partial charge is 0.379 e. The molecule has 5 rings (SSSR count). The number of nitrogens with zero attached hydrogens (tertiary/aromatic N) is 4. The van der Waals surface area contributed by atoms with E-state index in [1.807, 2.05) is 6.20 Å². The predicted octanol–water partition coefficient (Wildman–Crippen LogP) is 4.65. The predicted molar refractivity (Wildman–Crippen MR) is 143 cm³/mol. The van der Waals surface area contributed by atoms with Crippen molar-refractivity contribution in [2.75, 3.05) is 44.7 Å². The number of imidazole rings is 1. The number of hydrogen-bond acceptors (Lipinski definition) is 5. The number of rotatable bonds is 6. The summed E-state index contributed by atoms with van der Waals surface area (Å²) >= 11 is 0. The summed E-state index contributed by atoms with van der Waals surface area (Å²) in [5, 5.41) is 3.09. The van der Waals surface area contributed by atoms with E-state index < -0.39 is 17.6 Å². The van der Waals surface area contributed by atoms with Crippen molar-refractivity contribution < 1.29 is 18.3 Å². The Morgan fingerprint density at radius 2 is 1.87 bits per heavy atom. The van der Waals surface area contributed by atoms with E-state index in [0.717, 1.165) is 51.8 Å². The van der Waals surface area contributed by atoms with Crippen LogP contribution >= 0.6 is 0 Å². The number of amides is 1. The molecule has 38 heavy (non-hydrogen) atoms. The van der Waals surface area contributed by atoms with Gasteiger partial charge in [-0.1, -0.05) is 25.3 Å². The standard InChI is InChI=1S/C29H41F2N5O2/c1-28(2,3)36-18-23(22-8-7-21(30)17-25(22)31)24(19-36)26(37)33-27-32-11-12-34(27)20-29(9-5-4-6-10-29)35-13-15-38-16-14-35/h7-8,11-12,17,23-24H,4-6,9-10,13-16,18-20H2,1-3H3,(H,32,33,37)/t23-,24+/m0/s1. The number of carbonyl (C=O) groups is 1. The molecule has 2 aliphatic heterocycles. The Hall–Kier alpha value is -2.36. The summed E-state index contributed by atoms with van der Waals surface area (Å²) < 4.78 is 36.2. The lowest BCUT2D eigenvalue weighted by molar-refractivity contribution is -0.120. The molecule has 2 saturated heterocycles. The quantitative estimate of drug-likeness (QED) is 0.590. The highest BCUT2D eigenvalue weighted by Gasteiger charge is 2.44. The number of ether oxygens (including phenoxy) is 1. The van der Waals surface area contributed by atoms with Gasteiger partial charge in [0.05, 0.1) is 19.1 Å². The van der Waals surface area contributed by atoms with Crippen LogP contribution in [0.1, 0.15) is 64.4 Å². The molecule has 1 saturated carbocycles. The first-order valence-electron chi connectivity index (χ1n) is 14.0. The molecule has 1 aromatic heterocycles. The SMILES string of the molecule is CC(C)(C)N1C[C@@H](C(=O)Nc2nccn2CC2(N3CCOCC3)CCCCC2)[C@H](c2ccc(F)cc2F)C1. The molecular formula is C29H41F2N5O2. The van der Waals surface area contributed by atoms with Crippen LogP contribution in [0, 0.1) is 17.6 Å². The summed E-state index contributed by atoms with van der Waals surface area (Å²) in [4.78, 5) is 23.1. The summed E-state index contributed by atoms with van der Waals surface area (Å²) in [6.45, 7) is 11.4. The lowest BCUT2D eigenvalue weighted by Gasteiger charge is -2.48. The van der Waals surface area contributed by atoms with Crippen molar-refractivity contribution in [3.8, 4) is 0 Å². The third-order valence-corrected chi connectivity index (χ3v) is 8.85. The molecule has 0 spiro atoms. The monoisotopic (exact) mass is 529 g/mol. The van der Waals surface area contributed by atoms with E-state index in [4.69, 9.17) is 4.74 Å². The Labute approximate surface area is 224 Å². The molecule has 0 unspecified atom stereocenters. The van der Waals surface area contributed by atoms with Crippen LogP contribution in [0.15, 0.2) is 30.6 Å². The molecule has 2 atom stereocenters. The number of carbonyl (C=O) groups excluding carboxylic acids is 1. The Bertz CT molecular complexity index is 1120. The maximum absolute atomic E-state index is 14.9. The van der Waals surface area contributed by atoms with Gasteiger partial charge in [-0.05, 0) is 45.2 Å². The minimum absolute atomic E-state index is 0.0262. The van der Waals surface area contributed by atoms with E-state index in [-0.39, 0.29) is 22.9 Å². The second-order valence-electron chi connectivity index (χ2n) is 12.2.